The van der Waals surface area contributed by atoms with Crippen molar-refractivity contribution in [1.82, 2.24) is 14.5 Å². The summed E-state index contributed by atoms with van der Waals surface area (Å²) in [4.78, 5) is 19.3. The van der Waals surface area contributed by atoms with E-state index in [0.29, 0.717) is 54.8 Å². The van der Waals surface area contributed by atoms with Gasteiger partial charge in [-0.25, -0.2) is 13.8 Å². The summed E-state index contributed by atoms with van der Waals surface area (Å²) in [5.41, 5.74) is 1.80. The van der Waals surface area contributed by atoms with Crippen LogP contribution in [0.1, 0.15) is 12.7 Å². The summed E-state index contributed by atoms with van der Waals surface area (Å²) in [6.07, 6.45) is 0. The quantitative estimate of drug-likeness (QED) is 0.571. The van der Waals surface area contributed by atoms with Crippen molar-refractivity contribution >= 4 is 29.0 Å². The van der Waals surface area contributed by atoms with Crippen molar-refractivity contribution in [3.8, 4) is 11.3 Å². The van der Waals surface area contributed by atoms with Gasteiger partial charge in [0.25, 0.3) is 0 Å². The van der Waals surface area contributed by atoms with E-state index >= 15 is 0 Å². The van der Waals surface area contributed by atoms with Crippen molar-refractivity contribution in [1.29, 1.82) is 0 Å². The number of imidazole rings is 1. The van der Waals surface area contributed by atoms with Gasteiger partial charge < -0.3 is 19.5 Å². The molecule has 2 heterocycles. The number of benzene rings is 2. The first-order valence-corrected chi connectivity index (χ1v) is 10.6. The fourth-order valence-corrected chi connectivity index (χ4v) is 3.92. The first-order valence-electron chi connectivity index (χ1n) is 10.2. The molecule has 1 unspecified atom stereocenters. The van der Waals surface area contributed by atoms with E-state index in [2.05, 4.69) is 5.32 Å². The summed E-state index contributed by atoms with van der Waals surface area (Å²) in [5.74, 6) is 0.181. The Morgan fingerprint density at radius 1 is 1.22 bits per heavy atom. The number of rotatable bonds is 6. The minimum absolute atomic E-state index is 0.00119. The molecule has 9 heteroatoms. The highest BCUT2D eigenvalue weighted by molar-refractivity contribution is 6.30. The summed E-state index contributed by atoms with van der Waals surface area (Å²) < 4.78 is 34.6. The van der Waals surface area contributed by atoms with E-state index in [-0.39, 0.29) is 22.7 Å². The Bertz CT molecular complexity index is 1130. The van der Waals surface area contributed by atoms with Crippen LogP contribution < -0.4 is 5.32 Å². The first-order chi connectivity index (χ1) is 15.4. The number of carbonyl (C=O) groups excluding carboxylic acids is 1. The minimum Gasteiger partial charge on any atom is -0.384 e. The van der Waals surface area contributed by atoms with E-state index in [1.54, 1.807) is 30.2 Å². The summed E-state index contributed by atoms with van der Waals surface area (Å²) in [6.45, 7) is 3.52. The second-order valence-corrected chi connectivity index (χ2v) is 8.16. The van der Waals surface area contributed by atoms with Crippen molar-refractivity contribution < 1.29 is 18.3 Å². The Morgan fingerprint density at radius 2 is 1.97 bits per heavy atom. The number of methoxy groups -OCH3 is 1. The lowest BCUT2D eigenvalue weighted by atomic mass is 10.1. The molecule has 6 nitrogen and oxygen atoms in total. The number of carbonyl (C=O) groups is 1. The Hall–Kier alpha value is -2.97. The molecule has 1 aliphatic rings. The SMILES string of the molecule is COCC(C)C(=O)N1CCn2c(nc(-c3ccc(F)cc3)c2Nc2ccc(Cl)c(F)c2)C1. The van der Waals surface area contributed by atoms with E-state index in [4.69, 9.17) is 21.3 Å². The third kappa shape index (κ3) is 4.47. The summed E-state index contributed by atoms with van der Waals surface area (Å²) in [7, 11) is 1.57. The van der Waals surface area contributed by atoms with Crippen molar-refractivity contribution in [3.05, 3.63) is 64.9 Å². The van der Waals surface area contributed by atoms with Crippen LogP contribution in [0, 0.1) is 17.6 Å². The third-order valence-corrected chi connectivity index (χ3v) is 5.73. The number of fused-ring (bicyclic) bond motifs is 1. The molecule has 1 N–H and O–H groups in total. The fraction of sp³-hybridized carbons (Fsp3) is 0.304. The molecule has 0 saturated carbocycles. The molecule has 0 radical (unpaired) electrons. The molecule has 0 bridgehead atoms. The average Bonchev–Trinajstić information content (AvgIpc) is 3.14. The molecule has 0 saturated heterocycles. The maximum Gasteiger partial charge on any atom is 0.228 e. The van der Waals surface area contributed by atoms with Gasteiger partial charge in [0.15, 0.2) is 0 Å². The van der Waals surface area contributed by atoms with Gasteiger partial charge in [-0.05, 0) is 42.5 Å². The Labute approximate surface area is 189 Å². The number of hydrogen-bond acceptors (Lipinski definition) is 4. The van der Waals surface area contributed by atoms with Crippen LogP contribution in [-0.4, -0.2) is 40.6 Å². The number of anilines is 2. The van der Waals surface area contributed by atoms with Crippen LogP contribution in [0.25, 0.3) is 11.3 Å². The molecule has 0 fully saturated rings. The fourth-order valence-electron chi connectivity index (χ4n) is 3.80. The van der Waals surface area contributed by atoms with Gasteiger partial charge in [-0.1, -0.05) is 18.5 Å². The molecule has 1 atom stereocenters. The van der Waals surface area contributed by atoms with E-state index in [1.807, 2.05) is 11.5 Å². The highest BCUT2D eigenvalue weighted by Gasteiger charge is 2.29. The lowest BCUT2D eigenvalue weighted by molar-refractivity contribution is -0.138. The van der Waals surface area contributed by atoms with E-state index in [1.165, 1.54) is 24.3 Å². The van der Waals surface area contributed by atoms with Crippen LogP contribution in [0.2, 0.25) is 5.02 Å². The van der Waals surface area contributed by atoms with Crippen LogP contribution in [-0.2, 0) is 22.6 Å². The topological polar surface area (TPSA) is 59.4 Å². The zero-order valence-electron chi connectivity index (χ0n) is 17.7. The molecule has 168 valence electrons. The monoisotopic (exact) mass is 460 g/mol. The predicted octanol–water partition coefficient (Wildman–Crippen LogP) is 4.85. The summed E-state index contributed by atoms with van der Waals surface area (Å²) in [5, 5.41) is 3.27. The molecule has 1 aliphatic heterocycles. The maximum absolute atomic E-state index is 14.0. The predicted molar refractivity (Wildman–Crippen MR) is 119 cm³/mol. The lowest BCUT2D eigenvalue weighted by Gasteiger charge is -2.30. The largest absolute Gasteiger partial charge is 0.384 e. The van der Waals surface area contributed by atoms with Gasteiger partial charge >= 0.3 is 0 Å². The maximum atomic E-state index is 14.0. The van der Waals surface area contributed by atoms with Gasteiger partial charge in [0.1, 0.15) is 29.0 Å². The van der Waals surface area contributed by atoms with Crippen LogP contribution in [0.15, 0.2) is 42.5 Å². The molecule has 32 heavy (non-hydrogen) atoms. The van der Waals surface area contributed by atoms with Gasteiger partial charge in [-0.2, -0.15) is 0 Å². The van der Waals surface area contributed by atoms with Crippen molar-refractivity contribution in [3.63, 3.8) is 0 Å². The smallest absolute Gasteiger partial charge is 0.228 e. The first kappa shape index (κ1) is 22.2. The second-order valence-electron chi connectivity index (χ2n) is 7.75. The molecular weight excluding hydrogens is 438 g/mol. The number of amides is 1. The number of hydrogen-bond donors (Lipinski definition) is 1. The Balaban J connectivity index is 1.71. The van der Waals surface area contributed by atoms with Crippen molar-refractivity contribution in [2.75, 3.05) is 25.6 Å². The standard InChI is InChI=1S/C23H23ClF2N4O2/c1-14(13-32-2)23(31)29-9-10-30-20(12-29)28-21(15-3-5-16(25)6-4-15)22(30)27-17-7-8-18(24)19(26)11-17/h3-8,11,14,27H,9-10,12-13H2,1-2H3. The average molecular weight is 461 g/mol. The van der Waals surface area contributed by atoms with Gasteiger partial charge in [0, 0.05) is 31.5 Å². The number of aromatic nitrogens is 2. The molecule has 1 amide bonds. The van der Waals surface area contributed by atoms with E-state index in [0.717, 1.165) is 0 Å². The lowest BCUT2D eigenvalue weighted by Crippen LogP contribution is -2.42. The van der Waals surface area contributed by atoms with E-state index in [9.17, 15) is 13.6 Å². The number of nitrogens with zero attached hydrogens (tertiary/aromatic N) is 3. The van der Waals surface area contributed by atoms with Gasteiger partial charge in [0.2, 0.25) is 5.91 Å². The highest BCUT2D eigenvalue weighted by atomic mass is 35.5. The number of nitrogens with one attached hydrogen (secondary N) is 1. The molecule has 4 rings (SSSR count). The molecule has 3 aromatic rings. The minimum atomic E-state index is -0.540. The van der Waals surface area contributed by atoms with Crippen molar-refractivity contribution in [2.45, 2.75) is 20.0 Å². The Kier molecular flexibility index (Phi) is 6.43. The molecule has 1 aromatic heterocycles. The molecule has 0 spiro atoms. The molecule has 0 aliphatic carbocycles. The van der Waals surface area contributed by atoms with Crippen LogP contribution in [0.4, 0.5) is 20.3 Å². The van der Waals surface area contributed by atoms with Crippen LogP contribution in [0.3, 0.4) is 0 Å². The normalized spacial score (nSPS) is 14.2. The number of halogens is 3. The van der Waals surface area contributed by atoms with E-state index < -0.39 is 5.82 Å². The third-order valence-electron chi connectivity index (χ3n) is 5.42. The zero-order chi connectivity index (χ0) is 22.8. The summed E-state index contributed by atoms with van der Waals surface area (Å²) >= 11 is 5.81. The highest BCUT2D eigenvalue weighted by Crippen LogP contribution is 2.34. The second kappa shape index (κ2) is 9.26. The van der Waals surface area contributed by atoms with Gasteiger partial charge in [-0.3, -0.25) is 4.79 Å². The molecular formula is C23H23ClF2N4O2. The summed E-state index contributed by atoms with van der Waals surface area (Å²) in [6, 6.07) is 10.5. The van der Waals surface area contributed by atoms with Crippen molar-refractivity contribution in [2.24, 2.45) is 5.92 Å². The molecule has 2 aromatic carbocycles. The van der Waals surface area contributed by atoms with Crippen LogP contribution >= 0.6 is 11.6 Å². The van der Waals surface area contributed by atoms with Gasteiger partial charge in [0.05, 0.1) is 24.1 Å². The number of ether oxygens (including phenoxy) is 1. The Morgan fingerprint density at radius 3 is 2.66 bits per heavy atom. The van der Waals surface area contributed by atoms with Crippen LogP contribution in [0.5, 0.6) is 0 Å². The van der Waals surface area contributed by atoms with Gasteiger partial charge in [-0.15, -0.1) is 0 Å². The zero-order valence-corrected chi connectivity index (χ0v) is 18.5.